The van der Waals surface area contributed by atoms with Crippen LogP contribution in [0.2, 0.25) is 0 Å². The number of carbonyl (C=O) groups is 1. The molecule has 0 saturated heterocycles. The third kappa shape index (κ3) is 4.42. The van der Waals surface area contributed by atoms with Crippen molar-refractivity contribution in [3.8, 4) is 5.88 Å². The van der Waals surface area contributed by atoms with Crippen LogP contribution >= 0.6 is 0 Å². The van der Waals surface area contributed by atoms with Crippen molar-refractivity contribution in [1.82, 2.24) is 9.97 Å². The molecule has 0 unspecified atom stereocenters. The third-order valence-electron chi connectivity index (χ3n) is 3.01. The van der Waals surface area contributed by atoms with Crippen LogP contribution in [0, 0.1) is 0 Å². The predicted molar refractivity (Wildman–Crippen MR) is 89.4 cm³/mol. The number of amides is 1. The maximum absolute atomic E-state index is 12.4. The number of benzene rings is 1. The van der Waals surface area contributed by atoms with Crippen molar-refractivity contribution >= 4 is 27.4 Å². The van der Waals surface area contributed by atoms with Crippen molar-refractivity contribution in [2.75, 3.05) is 17.1 Å². The Morgan fingerprint density at radius 3 is 2.46 bits per heavy atom. The van der Waals surface area contributed by atoms with Crippen LogP contribution in [0.5, 0.6) is 5.88 Å². The normalized spacial score (nSPS) is 10.9. The van der Waals surface area contributed by atoms with E-state index >= 15 is 0 Å². The molecule has 1 heterocycles. The lowest BCUT2D eigenvalue weighted by atomic mass is 10.3. The highest BCUT2D eigenvalue weighted by molar-refractivity contribution is 7.92. The van der Waals surface area contributed by atoms with Crippen molar-refractivity contribution in [2.45, 2.75) is 24.7 Å². The number of carbonyl (C=O) groups excluding carboxylic acids is 1. The molecule has 1 aromatic heterocycles. The van der Waals surface area contributed by atoms with Gasteiger partial charge in [0.05, 0.1) is 12.0 Å². The molecule has 9 heteroatoms. The zero-order valence-electron chi connectivity index (χ0n) is 13.3. The van der Waals surface area contributed by atoms with E-state index in [1.807, 2.05) is 6.92 Å². The minimum atomic E-state index is -3.85. The number of nitrogens with zero attached hydrogens (tertiary/aromatic N) is 2. The number of ether oxygens (including phenoxy) is 1. The Kier molecular flexibility index (Phi) is 5.69. The molecule has 0 saturated carbocycles. The van der Waals surface area contributed by atoms with Gasteiger partial charge in [-0.15, -0.1) is 0 Å². The average molecular weight is 350 g/mol. The predicted octanol–water partition coefficient (Wildman–Crippen LogP) is 2.02. The largest absolute Gasteiger partial charge is 0.478 e. The van der Waals surface area contributed by atoms with Gasteiger partial charge in [0.15, 0.2) is 0 Å². The van der Waals surface area contributed by atoms with Gasteiger partial charge in [0, 0.05) is 24.5 Å². The van der Waals surface area contributed by atoms with Gasteiger partial charge in [0.25, 0.3) is 15.9 Å². The molecule has 2 N–H and O–H groups in total. The number of sulfonamides is 1. The molecule has 1 amide bonds. The van der Waals surface area contributed by atoms with Crippen molar-refractivity contribution in [3.63, 3.8) is 0 Å². The van der Waals surface area contributed by atoms with E-state index in [0.29, 0.717) is 12.1 Å². The average Bonchev–Trinajstić information content (AvgIpc) is 2.55. The second kappa shape index (κ2) is 7.73. The van der Waals surface area contributed by atoms with Crippen molar-refractivity contribution in [3.05, 3.63) is 36.7 Å². The zero-order chi connectivity index (χ0) is 17.6. The van der Waals surface area contributed by atoms with Gasteiger partial charge >= 0.3 is 0 Å². The maximum Gasteiger partial charge on any atom is 0.263 e. The first-order chi connectivity index (χ1) is 11.5. The lowest BCUT2D eigenvalue weighted by Crippen LogP contribution is -2.15. The topological polar surface area (TPSA) is 110 Å². The van der Waals surface area contributed by atoms with Gasteiger partial charge in [-0.2, -0.15) is 0 Å². The fourth-order valence-corrected chi connectivity index (χ4v) is 2.91. The van der Waals surface area contributed by atoms with Gasteiger partial charge in [-0.05, 0) is 30.7 Å². The molecule has 24 heavy (non-hydrogen) atoms. The lowest BCUT2D eigenvalue weighted by molar-refractivity contribution is -0.116. The van der Waals surface area contributed by atoms with Crippen LogP contribution < -0.4 is 14.8 Å². The molecule has 1 aromatic carbocycles. The Balaban J connectivity index is 2.16. The van der Waals surface area contributed by atoms with Crippen LogP contribution in [-0.2, 0) is 14.8 Å². The molecule has 0 aliphatic rings. The van der Waals surface area contributed by atoms with Gasteiger partial charge in [0.1, 0.15) is 0 Å². The molecule has 0 radical (unpaired) electrons. The molecule has 2 rings (SSSR count). The highest BCUT2D eigenvalue weighted by Gasteiger charge is 2.18. The molecule has 0 aliphatic carbocycles. The van der Waals surface area contributed by atoms with Crippen molar-refractivity contribution in [2.24, 2.45) is 0 Å². The second-order valence-corrected chi connectivity index (χ2v) is 6.52. The smallest absolute Gasteiger partial charge is 0.263 e. The summed E-state index contributed by atoms with van der Waals surface area (Å²) in [6.45, 7) is 1.90. The molecule has 0 atom stereocenters. The summed E-state index contributed by atoms with van der Waals surface area (Å²) in [4.78, 5) is 19.3. The van der Waals surface area contributed by atoms with Crippen molar-refractivity contribution < 1.29 is 17.9 Å². The van der Waals surface area contributed by atoms with Gasteiger partial charge < -0.3 is 10.1 Å². The summed E-state index contributed by atoms with van der Waals surface area (Å²) < 4.78 is 32.1. The summed E-state index contributed by atoms with van der Waals surface area (Å²) in [7, 11) is -2.48. The van der Waals surface area contributed by atoms with Crippen LogP contribution in [0.4, 0.5) is 11.5 Å². The molecule has 128 valence electrons. The number of hydrogen-bond acceptors (Lipinski definition) is 6. The molecule has 0 fully saturated rings. The second-order valence-electron chi connectivity index (χ2n) is 4.84. The van der Waals surface area contributed by atoms with Crippen LogP contribution in [0.3, 0.4) is 0 Å². The Hall–Kier alpha value is -2.68. The number of methoxy groups -OCH3 is 1. The quantitative estimate of drug-likeness (QED) is 0.790. The summed E-state index contributed by atoms with van der Waals surface area (Å²) in [5.41, 5.74) is 0.532. The molecule has 8 nitrogen and oxygen atoms in total. The Morgan fingerprint density at radius 1 is 1.17 bits per heavy atom. The molecular formula is C15H18N4O4S. The van der Waals surface area contributed by atoms with E-state index in [9.17, 15) is 13.2 Å². The lowest BCUT2D eigenvalue weighted by Gasteiger charge is -2.10. The van der Waals surface area contributed by atoms with E-state index in [1.165, 1.54) is 43.8 Å². The number of aromatic nitrogens is 2. The van der Waals surface area contributed by atoms with Gasteiger partial charge in [0.2, 0.25) is 11.7 Å². The van der Waals surface area contributed by atoms with E-state index in [-0.39, 0.29) is 22.5 Å². The fraction of sp³-hybridized carbons (Fsp3) is 0.267. The summed E-state index contributed by atoms with van der Waals surface area (Å²) >= 11 is 0. The number of anilines is 2. The zero-order valence-corrected chi connectivity index (χ0v) is 14.1. The van der Waals surface area contributed by atoms with E-state index in [2.05, 4.69) is 20.0 Å². The van der Waals surface area contributed by atoms with E-state index < -0.39 is 10.0 Å². The maximum atomic E-state index is 12.4. The molecule has 2 aromatic rings. The third-order valence-corrected chi connectivity index (χ3v) is 4.37. The number of rotatable bonds is 7. The van der Waals surface area contributed by atoms with E-state index in [1.54, 1.807) is 0 Å². The summed E-state index contributed by atoms with van der Waals surface area (Å²) in [6, 6.07) is 5.84. The van der Waals surface area contributed by atoms with Crippen molar-refractivity contribution in [1.29, 1.82) is 0 Å². The molecule has 0 bridgehead atoms. The SMILES string of the molecule is CCCC(=O)Nc1ccc(S(=O)(=O)Nc2nccnc2OC)cc1. The molecule has 0 aliphatic heterocycles. The minimum Gasteiger partial charge on any atom is -0.478 e. The number of nitrogens with one attached hydrogen (secondary N) is 2. The number of hydrogen-bond donors (Lipinski definition) is 2. The molecule has 0 spiro atoms. The minimum absolute atomic E-state index is 0.000301. The first-order valence-corrected chi connectivity index (χ1v) is 8.72. The molecular weight excluding hydrogens is 332 g/mol. The van der Waals surface area contributed by atoms with Crippen LogP contribution in [0.1, 0.15) is 19.8 Å². The monoisotopic (exact) mass is 350 g/mol. The Labute approximate surface area is 140 Å². The van der Waals surface area contributed by atoms with Gasteiger partial charge in [-0.3, -0.25) is 9.52 Å². The highest BCUT2D eigenvalue weighted by Crippen LogP contribution is 2.22. The summed E-state index contributed by atoms with van der Waals surface area (Å²) in [5, 5.41) is 2.69. The summed E-state index contributed by atoms with van der Waals surface area (Å²) in [6.07, 6.45) is 3.90. The first kappa shape index (κ1) is 17.7. The van der Waals surface area contributed by atoms with Gasteiger partial charge in [-0.1, -0.05) is 6.92 Å². The van der Waals surface area contributed by atoms with E-state index in [4.69, 9.17) is 4.74 Å². The Morgan fingerprint density at radius 2 is 1.83 bits per heavy atom. The van der Waals surface area contributed by atoms with E-state index in [0.717, 1.165) is 6.42 Å². The highest BCUT2D eigenvalue weighted by atomic mass is 32.2. The first-order valence-electron chi connectivity index (χ1n) is 7.24. The van der Waals surface area contributed by atoms with Crippen LogP contribution in [-0.4, -0.2) is 31.4 Å². The van der Waals surface area contributed by atoms with Gasteiger partial charge in [-0.25, -0.2) is 18.4 Å². The summed E-state index contributed by atoms with van der Waals surface area (Å²) in [5.74, 6) is -0.0413. The van der Waals surface area contributed by atoms with Crippen LogP contribution in [0.25, 0.3) is 0 Å². The Bertz CT molecular complexity index is 806. The fourth-order valence-electron chi connectivity index (χ4n) is 1.90. The standard InChI is InChI=1S/C15H18N4O4S/c1-3-4-13(20)18-11-5-7-12(8-6-11)24(21,22)19-14-15(23-2)17-10-9-16-14/h5-10H,3-4H2,1-2H3,(H,16,19)(H,18,20). The van der Waals surface area contributed by atoms with Crippen LogP contribution in [0.15, 0.2) is 41.6 Å².